The molecular weight excluding hydrogens is 253 g/mol. The molecule has 0 radical (unpaired) electrons. The zero-order chi connectivity index (χ0) is 12.3. The fourth-order valence-electron chi connectivity index (χ4n) is 2.07. The molecule has 0 aromatic heterocycles. The topological polar surface area (TPSA) is 0 Å². The monoisotopic (exact) mass is 283 g/mol. The number of quaternary nitrogens is 1. The van der Waals surface area contributed by atoms with Crippen LogP contribution in [0.4, 0.5) is 0 Å². The summed E-state index contributed by atoms with van der Waals surface area (Å²) in [5, 5.41) is 0. The lowest BCUT2D eigenvalue weighted by atomic mass is 10.1. The summed E-state index contributed by atoms with van der Waals surface area (Å²) in [5.74, 6) is 0. The third-order valence-corrected chi connectivity index (χ3v) is 3.97. The van der Waals surface area contributed by atoms with Crippen LogP contribution in [0.2, 0.25) is 0 Å². The van der Waals surface area contributed by atoms with Gasteiger partial charge in [-0.25, -0.2) is 0 Å². The number of rotatable bonds is 11. The summed E-state index contributed by atoms with van der Waals surface area (Å²) >= 11 is 6.11. The van der Waals surface area contributed by atoms with Crippen molar-refractivity contribution in [2.45, 2.75) is 65.2 Å². The molecule has 0 atom stereocenters. The van der Waals surface area contributed by atoms with Gasteiger partial charge in [-0.15, -0.1) is 0 Å². The molecule has 0 aromatic rings. The molecule has 0 N–H and O–H groups in total. The number of unbranched alkanes of at least 4 members (excludes halogenated alkanes) is 6. The minimum Gasteiger partial charge on any atom is -1.00 e. The van der Waals surface area contributed by atoms with Crippen LogP contribution >= 0.6 is 11.6 Å². The van der Waals surface area contributed by atoms with Crippen molar-refractivity contribution in [2.24, 2.45) is 0 Å². The zero-order valence-corrected chi connectivity index (χ0v) is 13.5. The molecule has 0 amide bonds. The second kappa shape index (κ2) is 13.0. The van der Waals surface area contributed by atoms with Crippen LogP contribution in [0.25, 0.3) is 0 Å². The smallest absolute Gasteiger partial charge is 0.154 e. The molecule has 0 aliphatic carbocycles. The van der Waals surface area contributed by atoms with E-state index < -0.39 is 0 Å². The first-order valence-corrected chi connectivity index (χ1v) is 7.61. The Morgan fingerprint density at radius 2 is 1.18 bits per heavy atom. The molecule has 0 saturated heterocycles. The molecule has 0 spiro atoms. The number of alkyl halides is 1. The van der Waals surface area contributed by atoms with Crippen LogP contribution in [-0.2, 0) is 0 Å². The van der Waals surface area contributed by atoms with Gasteiger partial charge < -0.3 is 16.9 Å². The maximum absolute atomic E-state index is 6.11. The third-order valence-electron chi connectivity index (χ3n) is 3.39. The lowest BCUT2D eigenvalue weighted by Crippen LogP contribution is -3.00. The van der Waals surface area contributed by atoms with Gasteiger partial charge in [0.05, 0.1) is 20.1 Å². The highest BCUT2D eigenvalue weighted by Crippen LogP contribution is 2.12. The number of hydrogen-bond donors (Lipinski definition) is 0. The summed E-state index contributed by atoms with van der Waals surface area (Å²) in [6.07, 6.45) is 10.8. The summed E-state index contributed by atoms with van der Waals surface area (Å²) in [4.78, 5) is 0. The van der Waals surface area contributed by atoms with E-state index in [2.05, 4.69) is 20.9 Å². The van der Waals surface area contributed by atoms with Gasteiger partial charge in [0.15, 0.2) is 6.00 Å². The molecule has 0 heterocycles. The van der Waals surface area contributed by atoms with E-state index in [0.717, 1.165) is 10.5 Å². The first kappa shape index (κ1) is 19.9. The Bertz CT molecular complexity index is 139. The van der Waals surface area contributed by atoms with Crippen LogP contribution in [0.5, 0.6) is 0 Å². The van der Waals surface area contributed by atoms with Gasteiger partial charge in [-0.1, -0.05) is 51.1 Å². The highest BCUT2D eigenvalue weighted by Gasteiger charge is 2.18. The van der Waals surface area contributed by atoms with E-state index in [9.17, 15) is 0 Å². The largest absolute Gasteiger partial charge is 1.00 e. The average molecular weight is 284 g/mol. The van der Waals surface area contributed by atoms with Crippen LogP contribution in [0.3, 0.4) is 0 Å². The molecule has 0 aliphatic heterocycles. The van der Waals surface area contributed by atoms with Crippen molar-refractivity contribution < 1.29 is 16.9 Å². The Hall–Kier alpha value is 0.540. The first-order chi connectivity index (χ1) is 7.68. The van der Waals surface area contributed by atoms with Crippen molar-refractivity contribution in [3.8, 4) is 0 Å². The molecular formula is C14H31Cl2N. The first-order valence-electron chi connectivity index (χ1n) is 7.08. The lowest BCUT2D eigenvalue weighted by molar-refractivity contribution is -0.899. The maximum Gasteiger partial charge on any atom is 0.154 e. The number of halogens is 2. The molecule has 0 unspecified atom stereocenters. The normalized spacial score (nSPS) is 11.3. The Labute approximate surface area is 120 Å². The van der Waals surface area contributed by atoms with Crippen molar-refractivity contribution in [1.82, 2.24) is 0 Å². The van der Waals surface area contributed by atoms with E-state index in [1.165, 1.54) is 64.5 Å². The van der Waals surface area contributed by atoms with Crippen LogP contribution < -0.4 is 12.4 Å². The molecule has 3 heteroatoms. The fourth-order valence-corrected chi connectivity index (χ4v) is 2.31. The van der Waals surface area contributed by atoms with E-state index in [-0.39, 0.29) is 12.4 Å². The van der Waals surface area contributed by atoms with E-state index in [4.69, 9.17) is 11.6 Å². The van der Waals surface area contributed by atoms with Gasteiger partial charge >= 0.3 is 0 Å². The van der Waals surface area contributed by atoms with E-state index in [0.29, 0.717) is 0 Å². The molecule has 17 heavy (non-hydrogen) atoms. The summed E-state index contributed by atoms with van der Waals surface area (Å²) < 4.78 is 1.06. The van der Waals surface area contributed by atoms with Crippen molar-refractivity contribution >= 4 is 11.6 Å². The highest BCUT2D eigenvalue weighted by atomic mass is 35.5. The van der Waals surface area contributed by atoms with Crippen LogP contribution in [0.1, 0.15) is 65.2 Å². The van der Waals surface area contributed by atoms with Gasteiger partial charge in [-0.05, 0) is 25.7 Å². The van der Waals surface area contributed by atoms with Crippen molar-refractivity contribution in [3.63, 3.8) is 0 Å². The van der Waals surface area contributed by atoms with Crippen molar-refractivity contribution in [1.29, 1.82) is 0 Å². The van der Waals surface area contributed by atoms with E-state index >= 15 is 0 Å². The minimum atomic E-state index is 0. The quantitative estimate of drug-likeness (QED) is 0.235. The molecule has 0 aromatic carbocycles. The molecule has 1 nitrogen and oxygen atoms in total. The summed E-state index contributed by atoms with van der Waals surface area (Å²) in [7, 11) is 2.31. The maximum atomic E-state index is 6.11. The molecule has 0 rings (SSSR count). The Kier molecular flexibility index (Phi) is 15.2. The van der Waals surface area contributed by atoms with Crippen LogP contribution in [0.15, 0.2) is 0 Å². The van der Waals surface area contributed by atoms with E-state index in [1.54, 1.807) is 0 Å². The van der Waals surface area contributed by atoms with Crippen LogP contribution in [0, 0.1) is 0 Å². The molecule has 0 fully saturated rings. The summed E-state index contributed by atoms with van der Waals surface area (Å²) in [6.45, 7) is 7.05. The Morgan fingerprint density at radius 1 is 0.765 bits per heavy atom. The van der Waals surface area contributed by atoms with Gasteiger partial charge in [-0.2, -0.15) is 0 Å². The Balaban J connectivity index is 0. The molecule has 0 saturated carbocycles. The number of nitrogens with zero attached hydrogens (tertiary/aromatic N) is 1. The van der Waals surface area contributed by atoms with Crippen LogP contribution in [-0.4, -0.2) is 30.6 Å². The van der Waals surface area contributed by atoms with Gasteiger partial charge in [0, 0.05) is 0 Å². The number of hydrogen-bond acceptors (Lipinski definition) is 0. The second-order valence-electron chi connectivity index (χ2n) is 5.31. The SMILES string of the molecule is CCCCCC[N+](C)(CCl)CCCCCC.[Cl-]. The van der Waals surface area contributed by atoms with Gasteiger partial charge in [0.2, 0.25) is 0 Å². The molecule has 106 valence electrons. The predicted molar refractivity (Wildman–Crippen MR) is 74.9 cm³/mol. The summed E-state index contributed by atoms with van der Waals surface area (Å²) in [5.41, 5.74) is 0. The molecule has 0 aliphatic rings. The second-order valence-corrected chi connectivity index (χ2v) is 5.55. The van der Waals surface area contributed by atoms with Crippen molar-refractivity contribution in [2.75, 3.05) is 26.1 Å². The standard InChI is InChI=1S/C14H31ClN.ClH/c1-4-6-8-10-12-16(3,14-15)13-11-9-7-5-2;/h4-14H2,1-3H3;1H/q+1;/p-1. The van der Waals surface area contributed by atoms with Gasteiger partial charge in [0.1, 0.15) is 0 Å². The Morgan fingerprint density at radius 3 is 1.47 bits per heavy atom. The predicted octanol–water partition coefficient (Wildman–Crippen LogP) is 1.79. The minimum absolute atomic E-state index is 0. The van der Waals surface area contributed by atoms with Crippen molar-refractivity contribution in [3.05, 3.63) is 0 Å². The lowest BCUT2D eigenvalue weighted by Gasteiger charge is -2.32. The van der Waals surface area contributed by atoms with Gasteiger partial charge in [-0.3, -0.25) is 0 Å². The molecule has 0 bridgehead atoms. The average Bonchev–Trinajstić information content (AvgIpc) is 2.31. The summed E-state index contributed by atoms with van der Waals surface area (Å²) in [6, 6.07) is 0.776. The highest BCUT2D eigenvalue weighted by molar-refractivity contribution is 6.16. The van der Waals surface area contributed by atoms with Gasteiger partial charge in [0.25, 0.3) is 0 Å². The zero-order valence-electron chi connectivity index (χ0n) is 12.0. The third kappa shape index (κ3) is 11.4. The van der Waals surface area contributed by atoms with E-state index in [1.807, 2.05) is 0 Å². The fraction of sp³-hybridized carbons (Fsp3) is 1.00.